The molecule has 25 heavy (non-hydrogen) atoms. The molecular weight excluding hydrogens is 318 g/mol. The Bertz CT molecular complexity index is 863. The first-order valence-electron chi connectivity index (χ1n) is 8.58. The lowest BCUT2D eigenvalue weighted by molar-refractivity contribution is 0.173. The summed E-state index contributed by atoms with van der Waals surface area (Å²) in [7, 11) is 5.58. The number of methoxy groups -OCH3 is 2. The second-order valence-corrected chi connectivity index (χ2v) is 6.95. The Morgan fingerprint density at radius 3 is 2.32 bits per heavy atom. The molecule has 0 aromatic heterocycles. The highest BCUT2D eigenvalue weighted by Gasteiger charge is 2.39. The molecule has 0 unspecified atom stereocenters. The third kappa shape index (κ3) is 2.05. The Morgan fingerprint density at radius 2 is 1.60 bits per heavy atom. The fourth-order valence-corrected chi connectivity index (χ4v) is 4.49. The molecule has 0 saturated heterocycles. The van der Waals surface area contributed by atoms with Crippen LogP contribution >= 0.6 is 0 Å². The minimum Gasteiger partial charge on any atom is -0.493 e. The molecule has 3 heterocycles. The number of benzene rings is 2. The van der Waals surface area contributed by atoms with Gasteiger partial charge in [0.2, 0.25) is 6.79 Å². The van der Waals surface area contributed by atoms with E-state index in [1.165, 1.54) is 22.3 Å². The maximum absolute atomic E-state index is 5.63. The quantitative estimate of drug-likeness (QED) is 0.841. The van der Waals surface area contributed by atoms with Crippen LogP contribution in [0.3, 0.4) is 0 Å². The molecule has 6 rings (SSSR count). The monoisotopic (exact) mass is 339 g/mol. The number of ether oxygens (including phenoxy) is 4. The highest BCUT2D eigenvalue weighted by atomic mass is 16.7. The lowest BCUT2D eigenvalue weighted by Crippen LogP contribution is -2.34. The average molecular weight is 339 g/mol. The molecule has 5 nitrogen and oxygen atoms in total. The van der Waals surface area contributed by atoms with E-state index in [2.05, 4.69) is 36.2 Å². The smallest absolute Gasteiger partial charge is 0.231 e. The molecule has 0 saturated carbocycles. The van der Waals surface area contributed by atoms with Crippen molar-refractivity contribution in [2.24, 2.45) is 0 Å². The van der Waals surface area contributed by atoms with Gasteiger partial charge >= 0.3 is 0 Å². The van der Waals surface area contributed by atoms with Crippen molar-refractivity contribution >= 4 is 0 Å². The first-order chi connectivity index (χ1) is 12.2. The second kappa shape index (κ2) is 5.30. The first-order valence-corrected chi connectivity index (χ1v) is 8.58. The fraction of sp³-hybridized carbons (Fsp3) is 0.400. The number of fused-ring (bicyclic) bond motifs is 2. The van der Waals surface area contributed by atoms with Crippen molar-refractivity contribution in [2.45, 2.75) is 18.4 Å². The third-order valence-corrected chi connectivity index (χ3v) is 5.75. The van der Waals surface area contributed by atoms with Crippen molar-refractivity contribution < 1.29 is 18.9 Å². The predicted molar refractivity (Wildman–Crippen MR) is 93.0 cm³/mol. The van der Waals surface area contributed by atoms with E-state index >= 15 is 0 Å². The van der Waals surface area contributed by atoms with E-state index in [1.54, 1.807) is 14.2 Å². The summed E-state index contributed by atoms with van der Waals surface area (Å²) in [6.07, 6.45) is 0.960. The van der Waals surface area contributed by atoms with Crippen LogP contribution in [0, 0.1) is 0 Å². The number of nitrogens with zero attached hydrogens (tertiary/aromatic N) is 1. The molecule has 5 heteroatoms. The molecule has 2 aromatic carbocycles. The minimum atomic E-state index is 0.294. The standard InChI is InChI=1S/C20H21NO4/c1-21-9-15-12-6-20-19(24-10-25-20)5-11(12)4-16(21)14-8-18(23-3)17(22-2)7-13(14)15/h5-8,15-16H,4,9-10H2,1-3H3/t15-,16+/m1/s1. The van der Waals surface area contributed by atoms with Crippen molar-refractivity contribution in [3.63, 3.8) is 0 Å². The Morgan fingerprint density at radius 1 is 0.920 bits per heavy atom. The van der Waals surface area contributed by atoms with Crippen LogP contribution in [0.1, 0.15) is 34.2 Å². The highest BCUT2D eigenvalue weighted by molar-refractivity contribution is 5.59. The van der Waals surface area contributed by atoms with Gasteiger partial charge in [0.1, 0.15) is 0 Å². The summed E-state index contributed by atoms with van der Waals surface area (Å²) >= 11 is 0. The van der Waals surface area contributed by atoms with E-state index in [1.807, 2.05) is 0 Å². The molecule has 130 valence electrons. The molecular formula is C20H21NO4. The molecule has 4 aliphatic rings. The summed E-state index contributed by atoms with van der Waals surface area (Å²) in [5, 5.41) is 0. The zero-order valence-electron chi connectivity index (χ0n) is 14.7. The molecule has 1 aliphatic carbocycles. The average Bonchev–Trinajstić information content (AvgIpc) is 2.99. The lowest BCUT2D eigenvalue weighted by atomic mass is 9.84. The van der Waals surface area contributed by atoms with Gasteiger partial charge in [0.15, 0.2) is 23.0 Å². The van der Waals surface area contributed by atoms with Crippen LogP contribution in [-0.2, 0) is 6.42 Å². The second-order valence-electron chi connectivity index (χ2n) is 6.95. The summed E-state index contributed by atoms with van der Waals surface area (Å²) in [4.78, 5) is 2.44. The summed E-state index contributed by atoms with van der Waals surface area (Å²) in [5.41, 5.74) is 5.34. The maximum Gasteiger partial charge on any atom is 0.231 e. The molecule has 0 amide bonds. The van der Waals surface area contributed by atoms with Crippen molar-refractivity contribution in [2.75, 3.05) is 34.6 Å². The zero-order valence-corrected chi connectivity index (χ0v) is 14.7. The van der Waals surface area contributed by atoms with Gasteiger partial charge in [0.05, 0.1) is 14.2 Å². The molecule has 2 atom stereocenters. The van der Waals surface area contributed by atoms with Gasteiger partial charge in [-0.2, -0.15) is 0 Å². The molecule has 2 aromatic rings. The van der Waals surface area contributed by atoms with E-state index in [9.17, 15) is 0 Å². The van der Waals surface area contributed by atoms with E-state index in [0.29, 0.717) is 18.8 Å². The summed E-state index contributed by atoms with van der Waals surface area (Å²) in [6.45, 7) is 1.30. The van der Waals surface area contributed by atoms with Crippen LogP contribution in [0.2, 0.25) is 0 Å². The van der Waals surface area contributed by atoms with Crippen LogP contribution in [0.5, 0.6) is 23.0 Å². The van der Waals surface area contributed by atoms with Crippen molar-refractivity contribution in [3.8, 4) is 23.0 Å². The number of hydrogen-bond acceptors (Lipinski definition) is 5. The molecule has 0 radical (unpaired) electrons. The molecule has 3 aliphatic heterocycles. The summed E-state index contributed by atoms with van der Waals surface area (Å²) in [6, 6.07) is 8.96. The maximum atomic E-state index is 5.63. The summed E-state index contributed by atoms with van der Waals surface area (Å²) < 4.78 is 22.3. The van der Waals surface area contributed by atoms with Gasteiger partial charge in [-0.05, 0) is 60.0 Å². The van der Waals surface area contributed by atoms with Gasteiger partial charge in [0, 0.05) is 18.5 Å². The molecule has 0 N–H and O–H groups in total. The van der Waals surface area contributed by atoms with Gasteiger partial charge in [-0.15, -0.1) is 0 Å². The predicted octanol–water partition coefficient (Wildman–Crippen LogP) is 3.11. The molecule has 0 fully saturated rings. The molecule has 0 spiro atoms. The normalized spacial score (nSPS) is 23.0. The largest absolute Gasteiger partial charge is 0.493 e. The van der Waals surface area contributed by atoms with Crippen LogP contribution in [-0.4, -0.2) is 39.5 Å². The number of rotatable bonds is 2. The van der Waals surface area contributed by atoms with Crippen molar-refractivity contribution in [1.29, 1.82) is 0 Å². The van der Waals surface area contributed by atoms with Crippen molar-refractivity contribution in [3.05, 3.63) is 46.5 Å². The van der Waals surface area contributed by atoms with Gasteiger partial charge in [0.25, 0.3) is 0 Å². The van der Waals surface area contributed by atoms with E-state index in [0.717, 1.165) is 36.0 Å². The van der Waals surface area contributed by atoms with Gasteiger partial charge in [-0.25, -0.2) is 0 Å². The third-order valence-electron chi connectivity index (χ3n) is 5.75. The molecule has 2 bridgehead atoms. The SMILES string of the molecule is COc1cc2c(cc1OC)[C@@H]1Cc3cc4c(cc3[C@H]2CN1C)OCO4. The number of hydrogen-bond donors (Lipinski definition) is 0. The van der Waals surface area contributed by atoms with E-state index in [-0.39, 0.29) is 0 Å². The van der Waals surface area contributed by atoms with Crippen LogP contribution in [0.4, 0.5) is 0 Å². The van der Waals surface area contributed by atoms with Gasteiger partial charge in [-0.3, -0.25) is 4.90 Å². The lowest BCUT2D eigenvalue weighted by Gasteiger charge is -2.36. The fourth-order valence-electron chi connectivity index (χ4n) is 4.49. The van der Waals surface area contributed by atoms with Crippen LogP contribution in [0.15, 0.2) is 24.3 Å². The first kappa shape index (κ1) is 14.9. The van der Waals surface area contributed by atoms with E-state index in [4.69, 9.17) is 18.9 Å². The highest BCUT2D eigenvalue weighted by Crippen LogP contribution is 2.50. The topological polar surface area (TPSA) is 40.2 Å². The van der Waals surface area contributed by atoms with E-state index < -0.39 is 0 Å². The van der Waals surface area contributed by atoms with Gasteiger partial charge in [-0.1, -0.05) is 0 Å². The Labute approximate surface area is 147 Å². The minimum absolute atomic E-state index is 0.294. The zero-order chi connectivity index (χ0) is 17.1. The van der Waals surface area contributed by atoms with Crippen LogP contribution < -0.4 is 18.9 Å². The van der Waals surface area contributed by atoms with Gasteiger partial charge < -0.3 is 18.9 Å². The summed E-state index contributed by atoms with van der Waals surface area (Å²) in [5.74, 6) is 3.60. The Hall–Kier alpha value is -2.40. The van der Waals surface area contributed by atoms with Crippen molar-refractivity contribution in [1.82, 2.24) is 4.90 Å². The Balaban J connectivity index is 1.73. The Kier molecular flexibility index (Phi) is 3.16. The number of likely N-dealkylation sites (N-methyl/N-ethyl adjacent to an activating group) is 1. The van der Waals surface area contributed by atoms with Crippen LogP contribution in [0.25, 0.3) is 0 Å².